The van der Waals surface area contributed by atoms with Crippen molar-refractivity contribution in [3.63, 3.8) is 0 Å². The maximum Gasteiger partial charge on any atom is 0.329 e. The normalized spacial score (nSPS) is 24.6. The lowest BCUT2D eigenvalue weighted by molar-refractivity contribution is -0.165. The smallest absolute Gasteiger partial charge is 0.329 e. The predicted octanol–water partition coefficient (Wildman–Crippen LogP) is -0.398. The first kappa shape index (κ1) is 58.0. The van der Waals surface area contributed by atoms with E-state index in [-0.39, 0.29) is 75.3 Å². The molecular formula is C49H71N9O13S. The first-order valence-corrected chi connectivity index (χ1v) is 25.8. The van der Waals surface area contributed by atoms with Crippen LogP contribution in [0.25, 0.3) is 0 Å². The van der Waals surface area contributed by atoms with Crippen LogP contribution >= 0.6 is 0 Å². The van der Waals surface area contributed by atoms with E-state index >= 15 is 4.79 Å². The number of rotatable bonds is 17. The number of aromatic hydroxyl groups is 1. The van der Waals surface area contributed by atoms with Crippen molar-refractivity contribution in [2.75, 3.05) is 25.6 Å². The van der Waals surface area contributed by atoms with Gasteiger partial charge in [-0.15, -0.1) is 0 Å². The molecule has 23 heteroatoms. The number of aliphatic hydroxyl groups excluding tert-OH is 1. The van der Waals surface area contributed by atoms with Crippen molar-refractivity contribution in [1.82, 2.24) is 41.7 Å². The van der Waals surface area contributed by atoms with E-state index in [9.17, 15) is 52.8 Å². The molecule has 2 saturated heterocycles. The number of carbonyl (C=O) groups is 9. The van der Waals surface area contributed by atoms with E-state index in [2.05, 4.69) is 31.9 Å². The number of phenolic OH excluding ortho intramolecular Hbond substituents is 1. The van der Waals surface area contributed by atoms with Gasteiger partial charge in [-0.3, -0.25) is 37.8 Å². The van der Waals surface area contributed by atoms with E-state index in [1.807, 2.05) is 0 Å². The summed E-state index contributed by atoms with van der Waals surface area (Å²) in [5.41, 5.74) is 6.29. The monoisotopic (exact) mass is 1030 g/mol. The van der Waals surface area contributed by atoms with Gasteiger partial charge >= 0.3 is 12.0 Å². The number of phenols is 1. The summed E-state index contributed by atoms with van der Waals surface area (Å²) < 4.78 is 18.3. The third-order valence-electron chi connectivity index (χ3n) is 12.4. The molecule has 10 N–H and O–H groups in total. The molecule has 396 valence electrons. The lowest BCUT2D eigenvalue weighted by Crippen LogP contribution is -2.65. The lowest BCUT2D eigenvalue weighted by Gasteiger charge is -2.43. The molecule has 4 rings (SSSR count). The molecule has 2 aromatic carbocycles. The zero-order chi connectivity index (χ0) is 53.4. The standard InChI is InChI=1S/C49H71N9O13S/c1-27(2)24-38(60)52-33(14-11-22-51-49(50)69)43(63)56-41-29(5)71-48(68)40(28(3)4)55-44(64)36(25-31-15-17-32(59)18-16-31)57(6)47(67)37(26-30-12-9-8-10-13-30)58-39(61)20-19-35(46(58)66)54-42(62)34(53-45(41)65)21-23-72(7)70/h8-10,12-13,15-18,27-29,33-37,39-41,59,61H,11,14,19-26H2,1-7H3,(H,52,60)(H,53,65)(H,54,62)(H,55,64)(H,56,63)(H3,50,51,69)/t29-,33+,34+,35+,36+,37+,39-,40+,41+,72?/m1/s1. The van der Waals surface area contributed by atoms with Crippen LogP contribution in [-0.2, 0) is 66.7 Å². The lowest BCUT2D eigenvalue weighted by atomic mass is 9.95. The summed E-state index contributed by atoms with van der Waals surface area (Å²) >= 11 is 0. The Morgan fingerprint density at radius 1 is 0.861 bits per heavy atom. The van der Waals surface area contributed by atoms with Crippen molar-refractivity contribution in [1.29, 1.82) is 0 Å². The van der Waals surface area contributed by atoms with Gasteiger partial charge in [0.1, 0.15) is 60.4 Å². The second-order valence-electron chi connectivity index (χ2n) is 19.0. The van der Waals surface area contributed by atoms with Crippen molar-refractivity contribution in [3.8, 4) is 5.75 Å². The zero-order valence-corrected chi connectivity index (χ0v) is 42.7. The predicted molar refractivity (Wildman–Crippen MR) is 264 cm³/mol. The van der Waals surface area contributed by atoms with Gasteiger partial charge in [0.2, 0.25) is 41.4 Å². The summed E-state index contributed by atoms with van der Waals surface area (Å²) in [6.45, 7) is 8.12. The number of nitrogens with one attached hydrogen (secondary N) is 6. The molecule has 2 bridgehead atoms. The van der Waals surface area contributed by atoms with Gasteiger partial charge in [-0.1, -0.05) is 70.2 Å². The molecule has 22 nitrogen and oxygen atoms in total. The van der Waals surface area contributed by atoms with Crippen LogP contribution in [0.1, 0.15) is 84.3 Å². The minimum Gasteiger partial charge on any atom is -0.508 e. The van der Waals surface area contributed by atoms with Crippen molar-refractivity contribution >= 4 is 64.2 Å². The number of esters is 1. The number of nitrogens with two attached hydrogens (primary N) is 1. The van der Waals surface area contributed by atoms with Crippen LogP contribution in [0.5, 0.6) is 5.75 Å². The highest BCUT2D eigenvalue weighted by Crippen LogP contribution is 2.26. The van der Waals surface area contributed by atoms with Gasteiger partial charge in [0.25, 0.3) is 0 Å². The molecule has 0 radical (unpaired) electrons. The van der Waals surface area contributed by atoms with E-state index in [0.717, 1.165) is 9.80 Å². The molecule has 2 aromatic rings. The van der Waals surface area contributed by atoms with Gasteiger partial charge in [-0.25, -0.2) is 9.59 Å². The Hall–Kier alpha value is -6.62. The minimum absolute atomic E-state index is 0.0304. The van der Waals surface area contributed by atoms with Gasteiger partial charge in [0.05, 0.1) is 0 Å². The summed E-state index contributed by atoms with van der Waals surface area (Å²) in [4.78, 5) is 128. The molecule has 9 amide bonds. The van der Waals surface area contributed by atoms with Gasteiger partial charge in [0, 0.05) is 55.7 Å². The number of nitrogens with zero attached hydrogens (tertiary/aromatic N) is 2. The molecule has 0 aliphatic carbocycles. The fourth-order valence-corrected chi connectivity index (χ4v) is 8.98. The molecule has 2 fully saturated rings. The number of piperidine rings is 1. The van der Waals surface area contributed by atoms with Crippen LogP contribution in [0.15, 0.2) is 54.6 Å². The van der Waals surface area contributed by atoms with Gasteiger partial charge < -0.3 is 62.4 Å². The van der Waals surface area contributed by atoms with E-state index in [0.29, 0.717) is 11.1 Å². The SMILES string of the molecule is CC(C)CC(=O)N[C@@H](CCCNC(N)=O)C(=O)N[C@@H]1C(=O)N[C@@H](CCS(C)=O)C(=O)N[C@H]2CC[C@@H](O)N(C2=O)[C@@H](Cc2ccccc2)C(=O)N(C)[C@@H](Cc2ccc(O)cc2)C(=O)N[C@@H](C(C)C)C(=O)O[C@@H]1C. The number of aliphatic hydroxyl groups is 1. The van der Waals surface area contributed by atoms with Gasteiger partial charge in [0.15, 0.2) is 0 Å². The number of carbonyl (C=O) groups excluding carboxylic acids is 9. The number of likely N-dealkylation sites (N-methyl/N-ethyl adjacent to an activating group) is 1. The molecule has 2 aliphatic heterocycles. The Balaban J connectivity index is 1.87. The number of primary amides is 1. The third-order valence-corrected chi connectivity index (χ3v) is 13.2. The van der Waals surface area contributed by atoms with Crippen LogP contribution in [0.2, 0.25) is 0 Å². The van der Waals surface area contributed by atoms with Crippen molar-refractivity contribution in [2.24, 2.45) is 17.6 Å². The Morgan fingerprint density at radius 2 is 1.50 bits per heavy atom. The number of amides is 9. The maximum atomic E-state index is 15.0. The summed E-state index contributed by atoms with van der Waals surface area (Å²) in [5, 5.41) is 37.2. The van der Waals surface area contributed by atoms with E-state index in [1.165, 1.54) is 32.4 Å². The summed E-state index contributed by atoms with van der Waals surface area (Å²) in [7, 11) is -0.158. The number of ether oxygens (including phenoxy) is 1. The molecule has 0 aromatic heterocycles. The highest BCUT2D eigenvalue weighted by atomic mass is 32.2. The van der Waals surface area contributed by atoms with Crippen molar-refractivity contribution in [3.05, 3.63) is 65.7 Å². The highest BCUT2D eigenvalue weighted by Gasteiger charge is 2.46. The molecule has 10 atom stereocenters. The Kier molecular flexibility index (Phi) is 22.0. The summed E-state index contributed by atoms with van der Waals surface area (Å²) in [5.74, 6) is -7.87. The van der Waals surface area contributed by atoms with Crippen LogP contribution in [0.3, 0.4) is 0 Å². The van der Waals surface area contributed by atoms with E-state index < -0.39 is 125 Å². The third kappa shape index (κ3) is 17.0. The largest absolute Gasteiger partial charge is 0.508 e. The molecular weight excluding hydrogens is 955 g/mol. The Morgan fingerprint density at radius 3 is 2.11 bits per heavy atom. The van der Waals surface area contributed by atoms with Crippen LogP contribution in [0.4, 0.5) is 4.79 Å². The number of hydrogen-bond donors (Lipinski definition) is 9. The summed E-state index contributed by atoms with van der Waals surface area (Å²) in [6, 6.07) is 3.43. The van der Waals surface area contributed by atoms with Crippen molar-refractivity contribution < 1.29 is 62.3 Å². The van der Waals surface area contributed by atoms with Gasteiger partial charge in [-0.05, 0) is 74.1 Å². The molecule has 2 heterocycles. The molecule has 1 unspecified atom stereocenters. The second kappa shape index (κ2) is 27.3. The molecule has 0 spiro atoms. The fourth-order valence-electron chi connectivity index (χ4n) is 8.41. The van der Waals surface area contributed by atoms with Crippen molar-refractivity contribution in [2.45, 2.75) is 141 Å². The average molecular weight is 1030 g/mol. The van der Waals surface area contributed by atoms with E-state index in [4.69, 9.17) is 10.5 Å². The number of hydrogen-bond acceptors (Lipinski definition) is 13. The Labute approximate surface area is 422 Å². The average Bonchev–Trinajstić information content (AvgIpc) is 3.31. The topological polar surface area (TPSA) is 325 Å². The van der Waals surface area contributed by atoms with Crippen LogP contribution in [0, 0.1) is 11.8 Å². The van der Waals surface area contributed by atoms with E-state index in [1.54, 1.807) is 70.2 Å². The quantitative estimate of drug-likeness (QED) is 0.0721. The van der Waals surface area contributed by atoms with Gasteiger partial charge in [-0.2, -0.15) is 0 Å². The molecule has 2 aliphatic rings. The number of urea groups is 1. The minimum atomic E-state index is -1.80. The number of cyclic esters (lactones) is 1. The van der Waals surface area contributed by atoms with Crippen LogP contribution < -0.4 is 37.6 Å². The first-order valence-electron chi connectivity index (χ1n) is 24.1. The Bertz CT molecular complexity index is 2270. The summed E-state index contributed by atoms with van der Waals surface area (Å²) in [6.07, 6.45) is -2.33. The van der Waals surface area contributed by atoms with Crippen LogP contribution in [-0.4, -0.2) is 158 Å². The fraction of sp³-hybridized carbons (Fsp3) is 0.571. The highest BCUT2D eigenvalue weighted by molar-refractivity contribution is 7.84. The number of benzene rings is 2. The zero-order valence-electron chi connectivity index (χ0n) is 41.9. The second-order valence-corrected chi connectivity index (χ2v) is 20.6. The molecule has 0 saturated carbocycles. The maximum absolute atomic E-state index is 15.0. The number of fused-ring (bicyclic) bond motifs is 2. The first-order chi connectivity index (χ1) is 34.0. The molecule has 72 heavy (non-hydrogen) atoms.